The van der Waals surface area contributed by atoms with E-state index >= 15 is 0 Å². The molecule has 0 saturated heterocycles. The second-order valence-electron chi connectivity index (χ2n) is 3.74. The Labute approximate surface area is 112 Å². The van der Waals surface area contributed by atoms with Crippen LogP contribution in [0.15, 0.2) is 24.3 Å². The van der Waals surface area contributed by atoms with Crippen molar-refractivity contribution in [3.05, 3.63) is 33.4 Å². The Morgan fingerprint density at radius 2 is 2.00 bits per heavy atom. The molecule has 0 bridgehead atoms. The maximum absolute atomic E-state index is 11.7. The zero-order valence-corrected chi connectivity index (χ0v) is 11.3. The summed E-state index contributed by atoms with van der Waals surface area (Å²) in [4.78, 5) is 22.3. The van der Waals surface area contributed by atoms with E-state index in [2.05, 4.69) is 5.32 Å². The van der Waals surface area contributed by atoms with Crippen molar-refractivity contribution in [3.63, 3.8) is 0 Å². The van der Waals surface area contributed by atoms with E-state index in [-0.39, 0.29) is 6.54 Å². The molecule has 1 rings (SSSR count). The van der Waals surface area contributed by atoms with Crippen molar-refractivity contribution < 1.29 is 19.8 Å². The van der Waals surface area contributed by atoms with E-state index in [4.69, 9.17) is 5.11 Å². The first-order valence-electron chi connectivity index (χ1n) is 4.83. The number of amides is 1. The minimum Gasteiger partial charge on any atom is -0.479 e. The largest absolute Gasteiger partial charge is 0.479 e. The molecule has 1 unspecified atom stereocenters. The van der Waals surface area contributed by atoms with Gasteiger partial charge in [-0.15, -0.1) is 0 Å². The molecule has 92 valence electrons. The maximum atomic E-state index is 11.7. The molecule has 6 heteroatoms. The van der Waals surface area contributed by atoms with E-state index in [9.17, 15) is 14.7 Å². The molecule has 1 aromatic rings. The number of carbonyl (C=O) groups excluding carboxylic acids is 1. The molecule has 0 saturated carbocycles. The number of aliphatic carboxylic acids is 1. The van der Waals surface area contributed by atoms with Crippen LogP contribution < -0.4 is 5.32 Å². The zero-order valence-electron chi connectivity index (χ0n) is 9.11. The molecule has 1 atom stereocenters. The summed E-state index contributed by atoms with van der Waals surface area (Å²) < 4.78 is 0.762. The summed E-state index contributed by atoms with van der Waals surface area (Å²) in [5, 5.41) is 20.5. The molecule has 0 aromatic heterocycles. The predicted octanol–water partition coefficient (Wildman–Crippen LogP) is 0.857. The molecule has 5 nitrogen and oxygen atoms in total. The van der Waals surface area contributed by atoms with Gasteiger partial charge in [0.25, 0.3) is 5.91 Å². The Morgan fingerprint density at radius 3 is 2.53 bits per heavy atom. The molecular formula is C11H12INO4. The van der Waals surface area contributed by atoms with Crippen LogP contribution >= 0.6 is 22.6 Å². The molecule has 1 aromatic carbocycles. The Hall–Kier alpha value is -1.15. The average Bonchev–Trinajstić information content (AvgIpc) is 2.26. The van der Waals surface area contributed by atoms with Gasteiger partial charge < -0.3 is 15.5 Å². The fraction of sp³-hybridized carbons (Fsp3) is 0.273. The third-order valence-corrected chi connectivity index (χ3v) is 3.11. The van der Waals surface area contributed by atoms with Gasteiger partial charge in [0.2, 0.25) is 0 Å². The summed E-state index contributed by atoms with van der Waals surface area (Å²) in [6.07, 6.45) is 0. The number of halogens is 1. The number of carboxylic acid groups (broad SMARTS) is 1. The summed E-state index contributed by atoms with van der Waals surface area (Å²) in [5.41, 5.74) is -1.51. The number of carboxylic acids is 1. The van der Waals surface area contributed by atoms with Crippen molar-refractivity contribution in [2.24, 2.45) is 0 Å². The van der Waals surface area contributed by atoms with Gasteiger partial charge in [-0.3, -0.25) is 4.79 Å². The lowest BCUT2D eigenvalue weighted by Crippen LogP contribution is -2.46. The first-order chi connectivity index (χ1) is 7.84. The number of nitrogens with one attached hydrogen (secondary N) is 1. The van der Waals surface area contributed by atoms with Gasteiger partial charge in [0.05, 0.1) is 12.1 Å². The predicted molar refractivity (Wildman–Crippen MR) is 69.8 cm³/mol. The number of hydrogen-bond donors (Lipinski definition) is 3. The van der Waals surface area contributed by atoms with E-state index in [0.29, 0.717) is 5.56 Å². The van der Waals surface area contributed by atoms with Crippen molar-refractivity contribution in [1.29, 1.82) is 0 Å². The Balaban J connectivity index is 2.69. The second-order valence-corrected chi connectivity index (χ2v) is 4.90. The monoisotopic (exact) mass is 349 g/mol. The van der Waals surface area contributed by atoms with E-state index in [1.165, 1.54) is 0 Å². The van der Waals surface area contributed by atoms with Crippen LogP contribution in [0.2, 0.25) is 0 Å². The highest BCUT2D eigenvalue weighted by Crippen LogP contribution is 2.11. The molecule has 1 amide bonds. The van der Waals surface area contributed by atoms with Crippen LogP contribution in [0.1, 0.15) is 17.3 Å². The molecule has 0 radical (unpaired) electrons. The highest BCUT2D eigenvalue weighted by Gasteiger charge is 2.30. The molecule has 0 spiro atoms. The molecular weight excluding hydrogens is 337 g/mol. The molecule has 0 aliphatic rings. The third kappa shape index (κ3) is 3.67. The Kier molecular flexibility index (Phi) is 4.47. The topological polar surface area (TPSA) is 86.6 Å². The van der Waals surface area contributed by atoms with E-state index in [1.807, 2.05) is 22.6 Å². The van der Waals surface area contributed by atoms with Crippen molar-refractivity contribution in [2.45, 2.75) is 12.5 Å². The van der Waals surface area contributed by atoms with Crippen LogP contribution in [0.4, 0.5) is 0 Å². The highest BCUT2D eigenvalue weighted by atomic mass is 127. The average molecular weight is 349 g/mol. The van der Waals surface area contributed by atoms with E-state index < -0.39 is 17.5 Å². The summed E-state index contributed by atoms with van der Waals surface area (Å²) in [7, 11) is 0. The van der Waals surface area contributed by atoms with E-state index in [1.54, 1.807) is 24.3 Å². The quantitative estimate of drug-likeness (QED) is 0.704. The number of rotatable bonds is 4. The maximum Gasteiger partial charge on any atom is 0.337 e. The van der Waals surface area contributed by atoms with E-state index in [0.717, 1.165) is 10.5 Å². The highest BCUT2D eigenvalue weighted by molar-refractivity contribution is 14.1. The van der Waals surface area contributed by atoms with Gasteiger partial charge in [0.15, 0.2) is 5.60 Å². The standard InChI is InChI=1S/C11H12INO4/c1-11(17,10(15)16)6-13-9(14)7-4-2-3-5-8(7)12/h2-5,17H,6H2,1H3,(H,13,14)(H,15,16). The first-order valence-corrected chi connectivity index (χ1v) is 5.91. The van der Waals surface area contributed by atoms with Gasteiger partial charge in [-0.25, -0.2) is 4.79 Å². The number of benzene rings is 1. The van der Waals surface area contributed by atoms with Gasteiger partial charge in [-0.05, 0) is 41.6 Å². The SMILES string of the molecule is CC(O)(CNC(=O)c1ccccc1I)C(=O)O. The van der Waals surface area contributed by atoms with Crippen LogP contribution in [0, 0.1) is 3.57 Å². The summed E-state index contributed by atoms with van der Waals surface area (Å²) in [5.74, 6) is -1.78. The molecule has 3 N–H and O–H groups in total. The van der Waals surface area contributed by atoms with Gasteiger partial charge in [0.1, 0.15) is 0 Å². The lowest BCUT2D eigenvalue weighted by atomic mass is 10.1. The van der Waals surface area contributed by atoms with Crippen molar-refractivity contribution in [3.8, 4) is 0 Å². The van der Waals surface area contributed by atoms with Crippen molar-refractivity contribution in [1.82, 2.24) is 5.32 Å². The second kappa shape index (κ2) is 5.46. The minimum absolute atomic E-state index is 0.341. The molecule has 0 fully saturated rings. The number of hydrogen-bond acceptors (Lipinski definition) is 3. The van der Waals surface area contributed by atoms with Crippen LogP contribution in [-0.4, -0.2) is 34.2 Å². The van der Waals surface area contributed by atoms with Gasteiger partial charge in [-0.1, -0.05) is 12.1 Å². The van der Waals surface area contributed by atoms with Gasteiger partial charge >= 0.3 is 5.97 Å². The van der Waals surface area contributed by atoms with Gasteiger partial charge in [-0.2, -0.15) is 0 Å². The first kappa shape index (κ1) is 13.9. The normalized spacial score (nSPS) is 13.8. The summed E-state index contributed by atoms with van der Waals surface area (Å²) in [6.45, 7) is 0.789. The Morgan fingerprint density at radius 1 is 1.41 bits per heavy atom. The van der Waals surface area contributed by atoms with Crippen LogP contribution in [0.5, 0.6) is 0 Å². The number of carbonyl (C=O) groups is 2. The van der Waals surface area contributed by atoms with Crippen LogP contribution in [-0.2, 0) is 4.79 Å². The molecule has 0 heterocycles. The summed E-state index contributed by atoms with van der Waals surface area (Å²) in [6, 6.07) is 6.91. The minimum atomic E-state index is -1.96. The fourth-order valence-electron chi connectivity index (χ4n) is 1.07. The Bertz CT molecular complexity index is 445. The lowest BCUT2D eigenvalue weighted by molar-refractivity contribution is -0.155. The van der Waals surface area contributed by atoms with Crippen molar-refractivity contribution in [2.75, 3.05) is 6.54 Å². The van der Waals surface area contributed by atoms with Gasteiger partial charge in [0, 0.05) is 3.57 Å². The fourth-order valence-corrected chi connectivity index (χ4v) is 1.70. The smallest absolute Gasteiger partial charge is 0.337 e. The zero-order chi connectivity index (χ0) is 13.1. The van der Waals surface area contributed by atoms with Crippen LogP contribution in [0.25, 0.3) is 0 Å². The van der Waals surface area contributed by atoms with Crippen LogP contribution in [0.3, 0.4) is 0 Å². The molecule has 0 aliphatic carbocycles. The van der Waals surface area contributed by atoms with Crippen molar-refractivity contribution >= 4 is 34.5 Å². The molecule has 17 heavy (non-hydrogen) atoms. The number of aliphatic hydroxyl groups is 1. The lowest BCUT2D eigenvalue weighted by Gasteiger charge is -2.18. The third-order valence-electron chi connectivity index (χ3n) is 2.17. The summed E-state index contributed by atoms with van der Waals surface area (Å²) >= 11 is 2.01. The molecule has 0 aliphatic heterocycles.